The number of hydrogen-bond donors (Lipinski definition) is 0. The molecule has 0 N–H and O–H groups in total. The van der Waals surface area contributed by atoms with E-state index in [2.05, 4.69) is 0 Å². The van der Waals surface area contributed by atoms with Crippen LogP contribution < -0.4 is 4.90 Å². The van der Waals surface area contributed by atoms with E-state index < -0.39 is 46.6 Å². The lowest BCUT2D eigenvalue weighted by atomic mass is 9.69. The minimum Gasteiger partial charge on any atom is -0.367 e. The lowest BCUT2D eigenvalue weighted by Gasteiger charge is -2.27. The first kappa shape index (κ1) is 15.6. The van der Waals surface area contributed by atoms with Crippen molar-refractivity contribution in [3.8, 4) is 0 Å². The fourth-order valence-electron chi connectivity index (χ4n) is 4.54. The molecule has 4 atom stereocenters. The molecule has 3 aliphatic heterocycles. The number of ether oxygens (including phenoxy) is 1. The van der Waals surface area contributed by atoms with E-state index in [1.165, 1.54) is 12.1 Å². The highest BCUT2D eigenvalue weighted by molar-refractivity contribution is 6.23. The van der Waals surface area contributed by atoms with Crippen molar-refractivity contribution in [1.29, 1.82) is 0 Å². The third-order valence-electron chi connectivity index (χ3n) is 5.64. The third kappa shape index (κ3) is 1.84. The molecule has 3 fully saturated rings. The van der Waals surface area contributed by atoms with Crippen LogP contribution in [0.15, 0.2) is 24.3 Å². The SMILES string of the molecule is CC12CC[C@](C)(O1)[C@H]1C(=O)N(c3cccc(C(F)(F)F)c3)C(=O)[C@H]12. The summed E-state index contributed by atoms with van der Waals surface area (Å²) in [5, 5.41) is 0. The average molecular weight is 339 g/mol. The van der Waals surface area contributed by atoms with E-state index in [4.69, 9.17) is 4.74 Å². The first-order valence-corrected chi connectivity index (χ1v) is 7.82. The third-order valence-corrected chi connectivity index (χ3v) is 5.64. The first-order valence-electron chi connectivity index (χ1n) is 7.82. The number of fused-ring (bicyclic) bond motifs is 5. The molecule has 1 unspecified atom stereocenters. The zero-order chi connectivity index (χ0) is 17.5. The second-order valence-corrected chi connectivity index (χ2v) is 7.24. The van der Waals surface area contributed by atoms with Crippen LogP contribution in [-0.2, 0) is 20.5 Å². The quantitative estimate of drug-likeness (QED) is 0.739. The predicted octanol–water partition coefficient (Wildman–Crippen LogP) is 3.15. The molecule has 2 bridgehead atoms. The summed E-state index contributed by atoms with van der Waals surface area (Å²) in [6.45, 7) is 3.62. The molecular formula is C17H16F3NO3. The molecule has 0 spiro atoms. The Balaban J connectivity index is 1.77. The molecule has 4 nitrogen and oxygen atoms in total. The lowest BCUT2D eigenvalue weighted by Crippen LogP contribution is -2.40. The maximum atomic E-state index is 12.9. The Morgan fingerprint density at radius 3 is 2.12 bits per heavy atom. The van der Waals surface area contributed by atoms with Gasteiger partial charge < -0.3 is 4.74 Å². The van der Waals surface area contributed by atoms with E-state index in [9.17, 15) is 22.8 Å². The Morgan fingerprint density at radius 1 is 1.08 bits per heavy atom. The van der Waals surface area contributed by atoms with Gasteiger partial charge in [-0.25, -0.2) is 4.90 Å². The average Bonchev–Trinajstić information content (AvgIpc) is 3.03. The smallest absolute Gasteiger partial charge is 0.367 e. The molecule has 1 aromatic rings. The van der Waals surface area contributed by atoms with Gasteiger partial charge in [0, 0.05) is 0 Å². The van der Waals surface area contributed by atoms with Crippen molar-refractivity contribution in [2.75, 3.05) is 4.90 Å². The summed E-state index contributed by atoms with van der Waals surface area (Å²) in [5.74, 6) is -2.18. The zero-order valence-electron chi connectivity index (χ0n) is 13.2. The standard InChI is InChI=1S/C17H16F3NO3/c1-15-6-7-16(2,24-15)12-11(15)13(22)21(14(12)23)10-5-3-4-9(8-10)17(18,19)20/h3-5,8,11-12H,6-7H2,1-2H3/t11-,12+,15+,16?/m1/s1. The van der Waals surface area contributed by atoms with Gasteiger partial charge in [0.1, 0.15) is 0 Å². The lowest BCUT2D eigenvalue weighted by molar-refractivity contribution is -0.138. The normalized spacial score (nSPS) is 38.1. The van der Waals surface area contributed by atoms with Crippen LogP contribution in [0.25, 0.3) is 0 Å². The minimum atomic E-state index is -4.53. The van der Waals surface area contributed by atoms with Gasteiger partial charge in [-0.05, 0) is 44.9 Å². The highest BCUT2D eigenvalue weighted by atomic mass is 19.4. The van der Waals surface area contributed by atoms with Crippen molar-refractivity contribution in [2.24, 2.45) is 11.8 Å². The maximum Gasteiger partial charge on any atom is 0.416 e. The van der Waals surface area contributed by atoms with E-state index in [1.54, 1.807) is 0 Å². The van der Waals surface area contributed by atoms with Crippen molar-refractivity contribution >= 4 is 17.5 Å². The molecule has 7 heteroatoms. The number of alkyl halides is 3. The first-order chi connectivity index (χ1) is 11.1. The molecule has 0 saturated carbocycles. The molecule has 24 heavy (non-hydrogen) atoms. The number of carbonyl (C=O) groups is 2. The molecule has 0 aromatic heterocycles. The summed E-state index contributed by atoms with van der Waals surface area (Å²) < 4.78 is 44.8. The number of carbonyl (C=O) groups excluding carboxylic acids is 2. The van der Waals surface area contributed by atoms with E-state index in [1.807, 2.05) is 13.8 Å². The highest BCUT2D eigenvalue weighted by Crippen LogP contribution is 2.60. The van der Waals surface area contributed by atoms with Crippen LogP contribution in [0.3, 0.4) is 0 Å². The second kappa shape index (κ2) is 4.39. The molecular weight excluding hydrogens is 323 g/mol. The van der Waals surface area contributed by atoms with Gasteiger partial charge in [-0.15, -0.1) is 0 Å². The number of halogens is 3. The molecule has 128 valence electrons. The Bertz CT molecular complexity index is 728. The number of hydrogen-bond acceptors (Lipinski definition) is 3. The van der Waals surface area contributed by atoms with Crippen LogP contribution in [0.4, 0.5) is 18.9 Å². The molecule has 4 rings (SSSR count). The molecule has 3 heterocycles. The summed E-state index contributed by atoms with van der Waals surface area (Å²) in [5.41, 5.74) is -2.35. The van der Waals surface area contributed by atoms with E-state index >= 15 is 0 Å². The molecule has 3 aliphatic rings. The largest absolute Gasteiger partial charge is 0.416 e. The highest BCUT2D eigenvalue weighted by Gasteiger charge is 2.72. The number of nitrogens with zero attached hydrogens (tertiary/aromatic N) is 1. The summed E-state index contributed by atoms with van der Waals surface area (Å²) in [7, 11) is 0. The molecule has 0 radical (unpaired) electrons. The minimum absolute atomic E-state index is 0.0270. The van der Waals surface area contributed by atoms with Crippen molar-refractivity contribution in [3.63, 3.8) is 0 Å². The van der Waals surface area contributed by atoms with Gasteiger partial charge in [-0.1, -0.05) is 6.07 Å². The van der Waals surface area contributed by atoms with Crippen molar-refractivity contribution in [1.82, 2.24) is 0 Å². The summed E-state index contributed by atoms with van der Waals surface area (Å²) in [4.78, 5) is 26.6. The van der Waals surface area contributed by atoms with Gasteiger partial charge in [-0.3, -0.25) is 9.59 Å². The number of anilines is 1. The molecule has 0 aliphatic carbocycles. The maximum absolute atomic E-state index is 12.9. The molecule has 1 aromatic carbocycles. The topological polar surface area (TPSA) is 46.6 Å². The van der Waals surface area contributed by atoms with Gasteiger partial charge in [0.25, 0.3) is 0 Å². The van der Waals surface area contributed by atoms with Gasteiger partial charge in [-0.2, -0.15) is 13.2 Å². The Hall–Kier alpha value is -1.89. The number of imide groups is 1. The summed E-state index contributed by atoms with van der Waals surface area (Å²) in [6.07, 6.45) is -3.20. The Labute approximate surface area is 136 Å². The van der Waals surface area contributed by atoms with E-state index in [0.29, 0.717) is 12.8 Å². The van der Waals surface area contributed by atoms with Crippen LogP contribution in [0, 0.1) is 11.8 Å². The fraction of sp³-hybridized carbons (Fsp3) is 0.529. The zero-order valence-corrected chi connectivity index (χ0v) is 13.2. The molecule has 3 saturated heterocycles. The van der Waals surface area contributed by atoms with Crippen LogP contribution in [0.1, 0.15) is 32.3 Å². The second-order valence-electron chi connectivity index (χ2n) is 7.24. The fourth-order valence-corrected chi connectivity index (χ4v) is 4.54. The number of benzene rings is 1. The Morgan fingerprint density at radius 2 is 1.62 bits per heavy atom. The summed E-state index contributed by atoms with van der Waals surface area (Å²) >= 11 is 0. The van der Waals surface area contributed by atoms with Gasteiger partial charge in [0.15, 0.2) is 0 Å². The number of amides is 2. The Kier molecular flexibility index (Phi) is 2.86. The van der Waals surface area contributed by atoms with Gasteiger partial charge in [0.2, 0.25) is 11.8 Å². The van der Waals surface area contributed by atoms with Crippen molar-refractivity contribution < 1.29 is 27.5 Å². The van der Waals surface area contributed by atoms with E-state index in [0.717, 1.165) is 17.0 Å². The molecule has 2 amide bonds. The van der Waals surface area contributed by atoms with Crippen LogP contribution >= 0.6 is 0 Å². The van der Waals surface area contributed by atoms with Gasteiger partial charge in [0.05, 0.1) is 34.3 Å². The van der Waals surface area contributed by atoms with Crippen LogP contribution in [0.2, 0.25) is 0 Å². The van der Waals surface area contributed by atoms with Gasteiger partial charge >= 0.3 is 6.18 Å². The van der Waals surface area contributed by atoms with E-state index in [-0.39, 0.29) is 5.69 Å². The summed E-state index contributed by atoms with van der Waals surface area (Å²) in [6, 6.07) is 4.34. The number of rotatable bonds is 1. The predicted molar refractivity (Wildman–Crippen MR) is 78.0 cm³/mol. The monoisotopic (exact) mass is 339 g/mol. The van der Waals surface area contributed by atoms with Crippen LogP contribution in [0.5, 0.6) is 0 Å². The van der Waals surface area contributed by atoms with Crippen LogP contribution in [-0.4, -0.2) is 23.0 Å². The van der Waals surface area contributed by atoms with Crippen molar-refractivity contribution in [3.05, 3.63) is 29.8 Å². The van der Waals surface area contributed by atoms with Crippen molar-refractivity contribution in [2.45, 2.75) is 44.1 Å².